The van der Waals surface area contributed by atoms with Crippen LogP contribution in [0, 0.1) is 17.2 Å². The van der Waals surface area contributed by atoms with E-state index < -0.39 is 23.2 Å². The quantitative estimate of drug-likeness (QED) is 0.302. The minimum Gasteiger partial charge on any atom is -0.352 e. The number of hydrogen-bond acceptors (Lipinski definition) is 4. The number of aromatic nitrogens is 4. The van der Waals surface area contributed by atoms with E-state index in [4.69, 9.17) is 0 Å². The van der Waals surface area contributed by atoms with Gasteiger partial charge in [-0.15, -0.1) is 0 Å². The Hall–Kier alpha value is -4.63. The minimum atomic E-state index is -4.62. The summed E-state index contributed by atoms with van der Waals surface area (Å²) in [6.45, 7) is 0.384. The molecule has 230 valence electrons. The third kappa shape index (κ3) is 6.05. The van der Waals surface area contributed by atoms with Gasteiger partial charge in [-0.1, -0.05) is 6.07 Å². The fourth-order valence-corrected chi connectivity index (χ4v) is 6.02. The zero-order valence-corrected chi connectivity index (χ0v) is 25.1. The van der Waals surface area contributed by atoms with Gasteiger partial charge in [0.15, 0.2) is 0 Å². The lowest BCUT2D eigenvalue weighted by Gasteiger charge is -2.38. The van der Waals surface area contributed by atoms with Gasteiger partial charge in [0.25, 0.3) is 11.5 Å². The Kier molecular flexibility index (Phi) is 8.27. The molecule has 0 spiro atoms. The summed E-state index contributed by atoms with van der Waals surface area (Å²) in [4.78, 5) is 27.8. The third-order valence-corrected chi connectivity index (χ3v) is 8.50. The van der Waals surface area contributed by atoms with E-state index in [1.54, 1.807) is 30.3 Å². The second-order valence-corrected chi connectivity index (χ2v) is 12.2. The molecule has 2 heterocycles. The molecule has 0 unspecified atom stereocenters. The van der Waals surface area contributed by atoms with E-state index in [1.807, 2.05) is 0 Å². The highest BCUT2D eigenvalue weighted by molar-refractivity contribution is 5.99. The monoisotopic (exact) mass is 606 g/mol. The Morgan fingerprint density at radius 3 is 2.34 bits per heavy atom. The van der Waals surface area contributed by atoms with Crippen molar-refractivity contribution in [2.24, 2.45) is 13.0 Å². The smallest absolute Gasteiger partial charge is 0.352 e. The normalized spacial score (nSPS) is 17.3. The predicted octanol–water partition coefficient (Wildman–Crippen LogP) is 4.91. The van der Waals surface area contributed by atoms with E-state index in [-0.39, 0.29) is 22.9 Å². The second kappa shape index (κ2) is 11.8. The molecule has 0 aliphatic heterocycles. The Labute approximate surface area is 253 Å². The standard InChI is InChI=1S/C32H34F3N7O2/c1-39-29(27-16-17-38-40(27)24-12-8-21(19-36)9-13-24)28(30(43)37-20-22-10-14-26(15-11-22)42(2,3)4)31(44)41(39)25-7-5-6-23(18-25)32(33,34)35/h5-9,12-13,16-18,22,26H,10-11,14-15,20H2,1-4H3/p+1/t22-,26-. The van der Waals surface area contributed by atoms with Gasteiger partial charge in [-0.05, 0) is 80.1 Å². The van der Waals surface area contributed by atoms with Crippen molar-refractivity contribution in [1.29, 1.82) is 5.26 Å². The fraction of sp³-hybridized carbons (Fsp3) is 0.375. The van der Waals surface area contributed by atoms with Crippen LogP contribution in [0.5, 0.6) is 0 Å². The number of nitrogens with zero attached hydrogens (tertiary/aromatic N) is 6. The molecule has 4 aromatic rings. The summed E-state index contributed by atoms with van der Waals surface area (Å²) in [6, 6.07) is 15.3. The molecular weight excluding hydrogens is 571 g/mol. The minimum absolute atomic E-state index is 0.0318. The highest BCUT2D eigenvalue weighted by Gasteiger charge is 2.33. The number of rotatable bonds is 7. The lowest BCUT2D eigenvalue weighted by atomic mass is 9.85. The summed E-state index contributed by atoms with van der Waals surface area (Å²) in [7, 11) is 8.07. The lowest BCUT2D eigenvalue weighted by Crippen LogP contribution is -2.47. The summed E-state index contributed by atoms with van der Waals surface area (Å²) in [6.07, 6.45) is 0.851. The van der Waals surface area contributed by atoms with Gasteiger partial charge in [0.2, 0.25) is 0 Å². The van der Waals surface area contributed by atoms with Crippen molar-refractivity contribution >= 4 is 5.91 Å². The van der Waals surface area contributed by atoms with Gasteiger partial charge in [-0.25, -0.2) is 9.36 Å². The molecule has 0 atom stereocenters. The van der Waals surface area contributed by atoms with Gasteiger partial charge in [0.05, 0.1) is 67.6 Å². The number of benzene rings is 2. The van der Waals surface area contributed by atoms with Crippen molar-refractivity contribution in [3.8, 4) is 28.8 Å². The summed E-state index contributed by atoms with van der Waals surface area (Å²) < 4.78 is 45.6. The summed E-state index contributed by atoms with van der Waals surface area (Å²) in [5, 5.41) is 16.5. The molecule has 12 heteroatoms. The van der Waals surface area contributed by atoms with E-state index in [1.165, 1.54) is 34.7 Å². The first-order valence-corrected chi connectivity index (χ1v) is 14.4. The largest absolute Gasteiger partial charge is 0.416 e. The Morgan fingerprint density at radius 2 is 1.73 bits per heavy atom. The van der Waals surface area contributed by atoms with Crippen molar-refractivity contribution in [2.45, 2.75) is 37.9 Å². The number of amides is 1. The first kappa shape index (κ1) is 30.8. The zero-order chi connectivity index (χ0) is 31.8. The molecule has 1 fully saturated rings. The molecule has 9 nitrogen and oxygen atoms in total. The maximum absolute atomic E-state index is 14.0. The Morgan fingerprint density at radius 1 is 1.05 bits per heavy atom. The number of carbonyl (C=O) groups is 1. The summed E-state index contributed by atoms with van der Waals surface area (Å²) in [5.41, 5.74) is -0.293. The maximum Gasteiger partial charge on any atom is 0.416 e. The highest BCUT2D eigenvalue weighted by Crippen LogP contribution is 2.32. The van der Waals surface area contributed by atoms with Crippen LogP contribution in [0.1, 0.15) is 47.2 Å². The molecule has 0 radical (unpaired) electrons. The van der Waals surface area contributed by atoms with Crippen LogP contribution in [0.3, 0.4) is 0 Å². The molecule has 1 saturated carbocycles. The van der Waals surface area contributed by atoms with E-state index in [9.17, 15) is 28.0 Å². The molecular formula is C32H35F3N7O2+. The first-order valence-electron chi connectivity index (χ1n) is 14.4. The van der Waals surface area contributed by atoms with Gasteiger partial charge < -0.3 is 9.80 Å². The van der Waals surface area contributed by atoms with E-state index in [2.05, 4.69) is 37.6 Å². The van der Waals surface area contributed by atoms with Crippen molar-refractivity contribution in [3.63, 3.8) is 0 Å². The molecule has 2 aromatic heterocycles. The molecule has 1 aliphatic rings. The molecule has 1 aliphatic carbocycles. The van der Waals surface area contributed by atoms with Crippen molar-refractivity contribution in [1.82, 2.24) is 24.5 Å². The molecule has 44 heavy (non-hydrogen) atoms. The van der Waals surface area contributed by atoms with Crippen LogP contribution in [-0.2, 0) is 13.2 Å². The highest BCUT2D eigenvalue weighted by atomic mass is 19.4. The van der Waals surface area contributed by atoms with Crippen LogP contribution in [0.25, 0.3) is 22.8 Å². The van der Waals surface area contributed by atoms with Crippen molar-refractivity contribution in [3.05, 3.63) is 87.8 Å². The van der Waals surface area contributed by atoms with Gasteiger partial charge in [0, 0.05) is 13.6 Å². The van der Waals surface area contributed by atoms with E-state index >= 15 is 0 Å². The number of quaternary nitrogens is 1. The predicted molar refractivity (Wildman–Crippen MR) is 159 cm³/mol. The van der Waals surface area contributed by atoms with Crippen LogP contribution < -0.4 is 10.9 Å². The van der Waals surface area contributed by atoms with E-state index in [0.29, 0.717) is 29.5 Å². The third-order valence-electron chi connectivity index (χ3n) is 8.50. The van der Waals surface area contributed by atoms with E-state index in [0.717, 1.165) is 47.0 Å². The van der Waals surface area contributed by atoms with Crippen LogP contribution >= 0.6 is 0 Å². The van der Waals surface area contributed by atoms with Gasteiger partial charge in [0.1, 0.15) is 11.3 Å². The van der Waals surface area contributed by atoms with Gasteiger partial charge >= 0.3 is 6.18 Å². The SMILES string of the molecule is Cn1c(-c2ccnn2-c2ccc(C#N)cc2)c(C(=O)NC[C@H]2CC[C@H]([N+](C)(C)C)CC2)c(=O)n1-c1cccc(C(F)(F)F)c1. The number of halogens is 3. The summed E-state index contributed by atoms with van der Waals surface area (Å²) in [5.74, 6) is -0.351. The van der Waals surface area contributed by atoms with Crippen LogP contribution in [0.4, 0.5) is 13.2 Å². The lowest BCUT2D eigenvalue weighted by molar-refractivity contribution is -0.897. The summed E-state index contributed by atoms with van der Waals surface area (Å²) >= 11 is 0. The molecule has 0 saturated heterocycles. The number of nitrogens with one attached hydrogen (secondary N) is 1. The second-order valence-electron chi connectivity index (χ2n) is 12.2. The molecule has 1 amide bonds. The number of nitriles is 1. The van der Waals surface area contributed by atoms with Crippen LogP contribution in [-0.4, -0.2) is 63.3 Å². The zero-order valence-electron chi connectivity index (χ0n) is 25.1. The maximum atomic E-state index is 14.0. The molecule has 2 aromatic carbocycles. The number of carbonyl (C=O) groups excluding carboxylic acids is 1. The van der Waals surface area contributed by atoms with Gasteiger partial charge in [-0.3, -0.25) is 14.3 Å². The van der Waals surface area contributed by atoms with Gasteiger partial charge in [-0.2, -0.15) is 23.5 Å². The number of hydrogen-bond donors (Lipinski definition) is 1. The average Bonchev–Trinajstić information content (AvgIpc) is 3.57. The molecule has 0 bridgehead atoms. The van der Waals surface area contributed by atoms with Crippen LogP contribution in [0.15, 0.2) is 65.6 Å². The average molecular weight is 607 g/mol. The fourth-order valence-electron chi connectivity index (χ4n) is 6.02. The van der Waals surface area contributed by atoms with Crippen molar-refractivity contribution in [2.75, 3.05) is 27.7 Å². The number of alkyl halides is 3. The molecule has 5 rings (SSSR count). The Bertz CT molecular complexity index is 1760. The Balaban J connectivity index is 1.56. The molecule has 1 N–H and O–H groups in total. The van der Waals surface area contributed by atoms with Crippen LogP contribution in [0.2, 0.25) is 0 Å². The van der Waals surface area contributed by atoms with Crippen molar-refractivity contribution < 1.29 is 22.4 Å². The topological polar surface area (TPSA) is 97.6 Å². The first-order chi connectivity index (χ1) is 20.8.